The van der Waals surface area contributed by atoms with Crippen molar-refractivity contribution in [1.29, 1.82) is 5.26 Å². The summed E-state index contributed by atoms with van der Waals surface area (Å²) >= 11 is 0. The van der Waals surface area contributed by atoms with E-state index in [2.05, 4.69) is 15.6 Å². The van der Waals surface area contributed by atoms with Crippen LogP contribution in [-0.2, 0) is 9.53 Å². The second-order valence-electron chi connectivity index (χ2n) is 4.75. The molecule has 0 fully saturated rings. The molecule has 0 saturated carbocycles. The molecule has 0 radical (unpaired) electrons. The predicted octanol–water partition coefficient (Wildman–Crippen LogP) is 1.58. The quantitative estimate of drug-likeness (QED) is 0.497. The minimum Gasteiger partial charge on any atom is -0.467 e. The summed E-state index contributed by atoms with van der Waals surface area (Å²) in [6, 6.07) is 2.79. The Labute approximate surface area is 122 Å². The Bertz CT molecular complexity index is 623. The van der Waals surface area contributed by atoms with E-state index in [0.717, 1.165) is 0 Å². The Morgan fingerprint density at radius 2 is 2.38 bits per heavy atom. The molecule has 2 heterocycles. The molecule has 1 aliphatic rings. The molecule has 0 saturated heterocycles. The maximum absolute atomic E-state index is 12.3. The maximum atomic E-state index is 12.3. The first kappa shape index (κ1) is 14.7. The van der Waals surface area contributed by atoms with E-state index in [0.29, 0.717) is 17.0 Å². The Kier molecular flexibility index (Phi) is 4.28. The van der Waals surface area contributed by atoms with Gasteiger partial charge in [-0.2, -0.15) is 5.26 Å². The highest BCUT2D eigenvalue weighted by Gasteiger charge is 2.32. The van der Waals surface area contributed by atoms with E-state index >= 15 is 0 Å². The lowest BCUT2D eigenvalue weighted by molar-refractivity contribution is -0.143. The molecule has 1 unspecified atom stereocenters. The van der Waals surface area contributed by atoms with Gasteiger partial charge in [0.25, 0.3) is 0 Å². The molecule has 1 atom stereocenters. The number of aliphatic imine (C=N–C) groups is 1. The molecular weight excluding hydrogens is 272 g/mol. The second-order valence-corrected chi connectivity index (χ2v) is 4.75. The summed E-state index contributed by atoms with van der Waals surface area (Å²) in [6.07, 6.45) is 3.05. The number of carbonyl (C=O) groups excluding carboxylic acids is 1. The van der Waals surface area contributed by atoms with Gasteiger partial charge >= 0.3 is 5.97 Å². The van der Waals surface area contributed by atoms with Crippen molar-refractivity contribution in [3.05, 3.63) is 35.4 Å². The monoisotopic (exact) mass is 288 g/mol. The zero-order valence-electron chi connectivity index (χ0n) is 12.0. The topological polar surface area (TPSA) is 99.7 Å². The van der Waals surface area contributed by atoms with Crippen LogP contribution in [0.1, 0.15) is 32.6 Å². The van der Waals surface area contributed by atoms with Crippen LogP contribution in [0.5, 0.6) is 0 Å². The minimum absolute atomic E-state index is 0.238. The van der Waals surface area contributed by atoms with Gasteiger partial charge in [0, 0.05) is 5.70 Å². The van der Waals surface area contributed by atoms with Crippen molar-refractivity contribution < 1.29 is 13.9 Å². The number of nitrogens with one attached hydrogen (secondary N) is 2. The lowest BCUT2D eigenvalue weighted by Gasteiger charge is -2.24. The second kappa shape index (κ2) is 6.13. The number of carbonyl (C=O) groups is 1. The van der Waals surface area contributed by atoms with Gasteiger partial charge in [0.2, 0.25) is 5.96 Å². The van der Waals surface area contributed by atoms with Crippen molar-refractivity contribution in [1.82, 2.24) is 10.6 Å². The van der Waals surface area contributed by atoms with Gasteiger partial charge in [-0.15, -0.1) is 0 Å². The number of nitrogens with zero attached hydrogens (tertiary/aromatic N) is 2. The molecule has 0 aliphatic carbocycles. The van der Waals surface area contributed by atoms with Crippen LogP contribution >= 0.6 is 0 Å². The molecule has 110 valence electrons. The fourth-order valence-electron chi connectivity index (χ4n) is 1.99. The van der Waals surface area contributed by atoms with Crippen molar-refractivity contribution in [2.45, 2.75) is 32.9 Å². The molecule has 7 nitrogen and oxygen atoms in total. The zero-order chi connectivity index (χ0) is 15.4. The molecule has 0 amide bonds. The van der Waals surface area contributed by atoms with Crippen molar-refractivity contribution >= 4 is 11.9 Å². The van der Waals surface area contributed by atoms with Gasteiger partial charge in [0.15, 0.2) is 6.19 Å². The van der Waals surface area contributed by atoms with Crippen LogP contribution in [0, 0.1) is 11.5 Å². The molecule has 21 heavy (non-hydrogen) atoms. The van der Waals surface area contributed by atoms with Gasteiger partial charge in [-0.05, 0) is 32.9 Å². The fourth-order valence-corrected chi connectivity index (χ4v) is 1.99. The summed E-state index contributed by atoms with van der Waals surface area (Å²) < 4.78 is 10.6. The first-order valence-corrected chi connectivity index (χ1v) is 6.48. The van der Waals surface area contributed by atoms with E-state index in [1.165, 1.54) is 6.26 Å². The van der Waals surface area contributed by atoms with Crippen LogP contribution in [0.3, 0.4) is 0 Å². The molecular formula is C14H16N4O3. The molecule has 0 spiro atoms. The fraction of sp³-hybridized carbons (Fsp3) is 0.357. The van der Waals surface area contributed by atoms with Crippen LogP contribution in [-0.4, -0.2) is 18.0 Å². The Balaban J connectivity index is 2.39. The molecule has 2 N–H and O–H groups in total. The summed E-state index contributed by atoms with van der Waals surface area (Å²) in [7, 11) is 0. The number of rotatable bonds is 3. The predicted molar refractivity (Wildman–Crippen MR) is 74.7 cm³/mol. The highest BCUT2D eigenvalue weighted by molar-refractivity contribution is 5.95. The number of esters is 1. The van der Waals surface area contributed by atoms with E-state index in [1.54, 1.807) is 39.1 Å². The molecule has 2 rings (SSSR count). The number of allylic oxidation sites excluding steroid dienone is 1. The molecule has 1 aromatic rings. The number of ether oxygens (including phenoxy) is 1. The maximum Gasteiger partial charge on any atom is 0.338 e. The van der Waals surface area contributed by atoms with Gasteiger partial charge in [-0.3, -0.25) is 5.32 Å². The van der Waals surface area contributed by atoms with Crippen LogP contribution in [0.2, 0.25) is 0 Å². The first-order chi connectivity index (χ1) is 10.0. The minimum atomic E-state index is -0.650. The van der Waals surface area contributed by atoms with E-state index in [9.17, 15) is 4.79 Å². The van der Waals surface area contributed by atoms with Crippen LogP contribution in [0.4, 0.5) is 0 Å². The van der Waals surface area contributed by atoms with E-state index < -0.39 is 12.0 Å². The molecule has 1 aliphatic heterocycles. The van der Waals surface area contributed by atoms with E-state index in [4.69, 9.17) is 14.4 Å². The van der Waals surface area contributed by atoms with Crippen molar-refractivity contribution in [3.63, 3.8) is 0 Å². The molecule has 0 aromatic carbocycles. The van der Waals surface area contributed by atoms with Gasteiger partial charge in [0.05, 0.1) is 17.9 Å². The van der Waals surface area contributed by atoms with Gasteiger partial charge in [-0.1, -0.05) is 0 Å². The summed E-state index contributed by atoms with van der Waals surface area (Å²) in [5.74, 6) is 0.303. The Hall–Kier alpha value is -2.75. The van der Waals surface area contributed by atoms with Crippen molar-refractivity contribution in [3.8, 4) is 6.19 Å². The third kappa shape index (κ3) is 3.23. The van der Waals surface area contributed by atoms with Crippen LogP contribution < -0.4 is 10.6 Å². The third-order valence-corrected chi connectivity index (χ3v) is 2.79. The Morgan fingerprint density at radius 1 is 1.62 bits per heavy atom. The largest absolute Gasteiger partial charge is 0.467 e. The summed E-state index contributed by atoms with van der Waals surface area (Å²) in [4.78, 5) is 16.6. The molecule has 0 bridgehead atoms. The van der Waals surface area contributed by atoms with Gasteiger partial charge < -0.3 is 14.5 Å². The standard InChI is InChI=1S/C14H16N4O3/c1-8(2)21-13(19)11-9(3)17-14(16-7-15)18-12(11)10-5-4-6-20-10/h4-6,8,12H,1-3H3,(H2,16,17,18). The summed E-state index contributed by atoms with van der Waals surface area (Å²) in [5, 5.41) is 14.0. The smallest absolute Gasteiger partial charge is 0.338 e. The SMILES string of the molecule is CC1=C(C(=O)OC(C)C)C(c2ccco2)N=C(NC#N)N1. The van der Waals surface area contributed by atoms with Gasteiger partial charge in [-0.25, -0.2) is 9.79 Å². The summed E-state index contributed by atoms with van der Waals surface area (Å²) in [6.45, 7) is 5.27. The van der Waals surface area contributed by atoms with Crippen LogP contribution in [0.15, 0.2) is 39.1 Å². The van der Waals surface area contributed by atoms with Crippen LogP contribution in [0.25, 0.3) is 0 Å². The number of guanidine groups is 1. The highest BCUT2D eigenvalue weighted by atomic mass is 16.5. The Morgan fingerprint density at radius 3 is 2.95 bits per heavy atom. The number of furan rings is 1. The normalized spacial score (nSPS) is 17.9. The van der Waals surface area contributed by atoms with Crippen molar-refractivity contribution in [2.75, 3.05) is 0 Å². The molecule has 1 aromatic heterocycles. The highest BCUT2D eigenvalue weighted by Crippen LogP contribution is 2.31. The van der Waals surface area contributed by atoms with E-state index in [1.807, 2.05) is 0 Å². The van der Waals surface area contributed by atoms with E-state index in [-0.39, 0.29) is 12.1 Å². The average molecular weight is 288 g/mol. The number of hydrogen-bond donors (Lipinski definition) is 2. The third-order valence-electron chi connectivity index (χ3n) is 2.79. The summed E-state index contributed by atoms with van der Waals surface area (Å²) in [5.41, 5.74) is 0.928. The lowest BCUT2D eigenvalue weighted by Crippen LogP contribution is -2.39. The average Bonchev–Trinajstić information content (AvgIpc) is 2.90. The number of hydrogen-bond acceptors (Lipinski definition) is 7. The first-order valence-electron chi connectivity index (χ1n) is 6.48. The zero-order valence-corrected chi connectivity index (χ0v) is 12.0. The molecule has 7 heteroatoms. The van der Waals surface area contributed by atoms with Crippen molar-refractivity contribution in [2.24, 2.45) is 4.99 Å². The van der Waals surface area contributed by atoms with Gasteiger partial charge in [0.1, 0.15) is 11.8 Å². The number of nitriles is 1. The lowest BCUT2D eigenvalue weighted by atomic mass is 10.0.